The third-order valence-corrected chi connectivity index (χ3v) is 3.67. The molecule has 3 amide bonds. The highest BCUT2D eigenvalue weighted by atomic mass is 19.2. The Morgan fingerprint density at radius 1 is 1.08 bits per heavy atom. The predicted octanol–water partition coefficient (Wildman–Crippen LogP) is 3.36. The number of anilines is 2. The minimum atomic E-state index is -1.71. The Labute approximate surface area is 145 Å². The van der Waals surface area contributed by atoms with Crippen LogP contribution in [0, 0.1) is 17.5 Å². The standard InChI is InChI=1S/C17H12F3N3O3/c18-9-5-6-11(15(20)14(9)19)22-17(26)23-12-7-13(24)16(25)21-10-4-2-1-3-8(10)12/h1-7,12,24H,(H,21,25)(H2,22,23,26). The Morgan fingerprint density at radius 3 is 2.58 bits per heavy atom. The van der Waals surface area contributed by atoms with Gasteiger partial charge < -0.3 is 21.1 Å². The van der Waals surface area contributed by atoms with E-state index in [2.05, 4.69) is 16.0 Å². The highest BCUT2D eigenvalue weighted by Gasteiger charge is 2.24. The first-order valence-corrected chi connectivity index (χ1v) is 7.39. The number of benzene rings is 2. The third kappa shape index (κ3) is 3.32. The Morgan fingerprint density at radius 2 is 1.81 bits per heavy atom. The lowest BCUT2D eigenvalue weighted by Crippen LogP contribution is -2.32. The van der Waals surface area contributed by atoms with E-state index in [9.17, 15) is 27.9 Å². The number of aliphatic hydroxyl groups excluding tert-OH is 1. The molecule has 0 saturated carbocycles. The monoisotopic (exact) mass is 363 g/mol. The van der Waals surface area contributed by atoms with Crippen LogP contribution in [0.4, 0.5) is 29.3 Å². The van der Waals surface area contributed by atoms with Crippen LogP contribution >= 0.6 is 0 Å². The van der Waals surface area contributed by atoms with Gasteiger partial charge in [-0.2, -0.15) is 0 Å². The van der Waals surface area contributed by atoms with Gasteiger partial charge in [0.05, 0.1) is 11.7 Å². The molecule has 0 aromatic heterocycles. The van der Waals surface area contributed by atoms with Crippen molar-refractivity contribution in [2.45, 2.75) is 6.04 Å². The zero-order valence-electron chi connectivity index (χ0n) is 13.0. The molecule has 26 heavy (non-hydrogen) atoms. The van der Waals surface area contributed by atoms with E-state index in [1.54, 1.807) is 24.3 Å². The Balaban J connectivity index is 1.84. The summed E-state index contributed by atoms with van der Waals surface area (Å²) in [6, 6.07) is 6.13. The van der Waals surface area contributed by atoms with E-state index in [0.717, 1.165) is 12.1 Å². The summed E-state index contributed by atoms with van der Waals surface area (Å²) in [6.07, 6.45) is 1.10. The van der Waals surface area contributed by atoms with Crippen molar-refractivity contribution in [2.24, 2.45) is 0 Å². The number of carbonyl (C=O) groups excluding carboxylic acids is 2. The maximum absolute atomic E-state index is 13.7. The van der Waals surface area contributed by atoms with Crippen LogP contribution in [0.2, 0.25) is 0 Å². The zero-order chi connectivity index (χ0) is 18.8. The second kappa shape index (κ2) is 6.79. The van der Waals surface area contributed by atoms with Gasteiger partial charge in [0.2, 0.25) is 0 Å². The molecular formula is C17H12F3N3O3. The molecule has 6 nitrogen and oxygen atoms in total. The van der Waals surface area contributed by atoms with E-state index in [-0.39, 0.29) is 0 Å². The van der Waals surface area contributed by atoms with Crippen molar-refractivity contribution in [2.75, 3.05) is 10.6 Å². The molecule has 0 radical (unpaired) electrons. The lowest BCUT2D eigenvalue weighted by Gasteiger charge is -2.17. The van der Waals surface area contributed by atoms with Gasteiger partial charge in [0.1, 0.15) is 0 Å². The molecule has 2 aromatic carbocycles. The van der Waals surface area contributed by atoms with Gasteiger partial charge in [0.15, 0.2) is 23.2 Å². The van der Waals surface area contributed by atoms with Crippen molar-refractivity contribution in [3.8, 4) is 0 Å². The molecule has 2 aromatic rings. The number of aliphatic hydroxyl groups is 1. The van der Waals surface area contributed by atoms with Crippen LogP contribution in [0.1, 0.15) is 11.6 Å². The molecule has 1 heterocycles. The zero-order valence-corrected chi connectivity index (χ0v) is 13.0. The normalized spacial score (nSPS) is 16.0. The number of urea groups is 1. The van der Waals surface area contributed by atoms with E-state index < -0.39 is 46.9 Å². The summed E-state index contributed by atoms with van der Waals surface area (Å²) in [4.78, 5) is 23.8. The van der Waals surface area contributed by atoms with Gasteiger partial charge in [-0.3, -0.25) is 4.79 Å². The second-order valence-corrected chi connectivity index (χ2v) is 5.39. The van der Waals surface area contributed by atoms with E-state index in [1.165, 1.54) is 0 Å². The van der Waals surface area contributed by atoms with Crippen molar-refractivity contribution in [1.29, 1.82) is 0 Å². The molecular weight excluding hydrogens is 351 g/mol. The number of hydrogen-bond acceptors (Lipinski definition) is 3. The van der Waals surface area contributed by atoms with Crippen molar-refractivity contribution >= 4 is 23.3 Å². The molecule has 9 heteroatoms. The van der Waals surface area contributed by atoms with Gasteiger partial charge >= 0.3 is 6.03 Å². The van der Waals surface area contributed by atoms with Crippen molar-refractivity contribution in [3.63, 3.8) is 0 Å². The number of nitrogens with one attached hydrogen (secondary N) is 3. The van der Waals surface area contributed by atoms with Crippen LogP contribution < -0.4 is 16.0 Å². The van der Waals surface area contributed by atoms with Crippen molar-refractivity contribution in [1.82, 2.24) is 5.32 Å². The van der Waals surface area contributed by atoms with Crippen LogP contribution in [0.25, 0.3) is 0 Å². The maximum Gasteiger partial charge on any atom is 0.320 e. The summed E-state index contributed by atoms with van der Waals surface area (Å²) in [5, 5.41) is 16.7. The number of halogens is 3. The fraction of sp³-hybridized carbons (Fsp3) is 0.0588. The van der Waals surface area contributed by atoms with Gasteiger partial charge in [0.25, 0.3) is 5.91 Å². The van der Waals surface area contributed by atoms with Crippen molar-refractivity contribution < 1.29 is 27.9 Å². The molecule has 1 unspecified atom stereocenters. The molecule has 0 spiro atoms. The number of amides is 3. The predicted molar refractivity (Wildman–Crippen MR) is 87.0 cm³/mol. The van der Waals surface area contributed by atoms with Crippen LogP contribution in [0.5, 0.6) is 0 Å². The summed E-state index contributed by atoms with van der Waals surface area (Å²) < 4.78 is 39.8. The Bertz CT molecular complexity index is 931. The van der Waals surface area contributed by atoms with E-state index in [4.69, 9.17) is 0 Å². The molecule has 1 aliphatic rings. The van der Waals surface area contributed by atoms with Crippen molar-refractivity contribution in [3.05, 3.63) is 71.2 Å². The Kier molecular flexibility index (Phi) is 4.53. The largest absolute Gasteiger partial charge is 0.503 e. The molecule has 0 bridgehead atoms. The van der Waals surface area contributed by atoms with Gasteiger partial charge in [-0.25, -0.2) is 18.0 Å². The summed E-state index contributed by atoms with van der Waals surface area (Å²) in [7, 11) is 0. The molecule has 0 fully saturated rings. The topological polar surface area (TPSA) is 90.5 Å². The number of fused-ring (bicyclic) bond motifs is 1. The summed E-state index contributed by atoms with van der Waals surface area (Å²) in [5.74, 6) is -6.02. The molecule has 134 valence electrons. The minimum absolute atomic E-state index is 0.363. The first kappa shape index (κ1) is 17.3. The van der Waals surface area contributed by atoms with Crippen LogP contribution in [-0.2, 0) is 4.79 Å². The molecule has 0 saturated heterocycles. The molecule has 3 rings (SSSR count). The van der Waals surface area contributed by atoms with Gasteiger partial charge in [-0.15, -0.1) is 0 Å². The van der Waals surface area contributed by atoms with Crippen LogP contribution in [-0.4, -0.2) is 17.0 Å². The first-order chi connectivity index (χ1) is 12.4. The van der Waals surface area contributed by atoms with Gasteiger partial charge in [-0.1, -0.05) is 18.2 Å². The summed E-state index contributed by atoms with van der Waals surface area (Å²) in [6.45, 7) is 0. The fourth-order valence-electron chi connectivity index (χ4n) is 2.43. The smallest absolute Gasteiger partial charge is 0.320 e. The van der Waals surface area contributed by atoms with Gasteiger partial charge in [-0.05, 0) is 24.3 Å². The minimum Gasteiger partial charge on any atom is -0.503 e. The average molecular weight is 363 g/mol. The van der Waals surface area contributed by atoms with Crippen LogP contribution in [0.3, 0.4) is 0 Å². The van der Waals surface area contributed by atoms with E-state index in [1.807, 2.05) is 0 Å². The number of hydrogen-bond donors (Lipinski definition) is 4. The summed E-state index contributed by atoms with van der Waals surface area (Å²) >= 11 is 0. The number of para-hydroxylation sites is 1. The van der Waals surface area contributed by atoms with Gasteiger partial charge in [0, 0.05) is 11.3 Å². The molecule has 0 aliphatic carbocycles. The Hall–Kier alpha value is -3.49. The fourth-order valence-corrected chi connectivity index (χ4v) is 2.43. The van der Waals surface area contributed by atoms with E-state index >= 15 is 0 Å². The quantitative estimate of drug-likeness (QED) is 0.617. The molecule has 1 aliphatic heterocycles. The molecule has 4 N–H and O–H groups in total. The number of carbonyl (C=O) groups is 2. The first-order valence-electron chi connectivity index (χ1n) is 7.39. The highest BCUT2D eigenvalue weighted by Crippen LogP contribution is 2.28. The third-order valence-electron chi connectivity index (χ3n) is 3.67. The number of rotatable bonds is 2. The second-order valence-electron chi connectivity index (χ2n) is 5.39. The van der Waals surface area contributed by atoms with E-state index in [0.29, 0.717) is 17.3 Å². The SMILES string of the molecule is O=C(Nc1ccc(F)c(F)c1F)NC1C=C(O)C(=O)Nc2ccccc21. The van der Waals surface area contributed by atoms with Crippen LogP contribution in [0.15, 0.2) is 48.2 Å². The molecule has 1 atom stereocenters. The lowest BCUT2D eigenvalue weighted by molar-refractivity contribution is -0.115. The average Bonchev–Trinajstić information content (AvgIpc) is 2.72. The maximum atomic E-state index is 13.7. The summed E-state index contributed by atoms with van der Waals surface area (Å²) in [5.41, 5.74) is 0.263. The highest BCUT2D eigenvalue weighted by molar-refractivity contribution is 6.03. The lowest BCUT2D eigenvalue weighted by atomic mass is 10.1.